The number of nitrogens with zero attached hydrogens (tertiary/aromatic N) is 3. The van der Waals surface area contributed by atoms with Crippen molar-refractivity contribution in [1.82, 2.24) is 15.0 Å². The van der Waals surface area contributed by atoms with E-state index in [-0.39, 0.29) is 0 Å². The number of aromatic nitrogens is 3. The van der Waals surface area contributed by atoms with Crippen LogP contribution in [0, 0.1) is 0 Å². The summed E-state index contributed by atoms with van der Waals surface area (Å²) >= 11 is 0. The standard InChI is InChI=1S/C55H33N3/c1-3-14-37-32-52-39(27-35(37)12-1)22-24-49(57-52)41-29-42(50-25-23-40-28-36-13-2-4-15-38(36)33-53(40)58-50)31-43(30-41)54-44-16-6-8-18-46(44)55(47-19-9-7-17-45(47)54)51-26-21-34-11-5-10-20-48(34)56-51/h1-33H. The van der Waals surface area contributed by atoms with Gasteiger partial charge in [0.05, 0.1) is 33.6 Å². The predicted octanol–water partition coefficient (Wildman–Crippen LogP) is 14.6. The lowest BCUT2D eigenvalue weighted by molar-refractivity contribution is 1.38. The van der Waals surface area contributed by atoms with E-state index in [2.05, 4.69) is 200 Å². The molecule has 0 saturated carbocycles. The lowest BCUT2D eigenvalue weighted by Gasteiger charge is -2.19. The van der Waals surface area contributed by atoms with Crippen molar-refractivity contribution in [3.8, 4) is 44.9 Å². The first-order chi connectivity index (χ1) is 28.7. The summed E-state index contributed by atoms with van der Waals surface area (Å²) in [6.07, 6.45) is 0. The Morgan fingerprint density at radius 2 is 0.603 bits per heavy atom. The minimum Gasteiger partial charge on any atom is -0.248 e. The zero-order valence-electron chi connectivity index (χ0n) is 31.4. The summed E-state index contributed by atoms with van der Waals surface area (Å²) in [6, 6.07) is 71.7. The van der Waals surface area contributed by atoms with Crippen molar-refractivity contribution in [1.29, 1.82) is 0 Å². The van der Waals surface area contributed by atoms with Crippen LogP contribution in [0.5, 0.6) is 0 Å². The molecule has 0 atom stereocenters. The molecule has 0 bridgehead atoms. The highest BCUT2D eigenvalue weighted by atomic mass is 14.7. The summed E-state index contributed by atoms with van der Waals surface area (Å²) in [5.41, 5.74) is 11.2. The van der Waals surface area contributed by atoms with Crippen LogP contribution in [0.25, 0.3) is 121 Å². The molecule has 0 radical (unpaired) electrons. The monoisotopic (exact) mass is 735 g/mol. The van der Waals surface area contributed by atoms with Crippen molar-refractivity contribution in [2.75, 3.05) is 0 Å². The zero-order valence-corrected chi connectivity index (χ0v) is 31.4. The average molecular weight is 736 g/mol. The largest absolute Gasteiger partial charge is 0.248 e. The maximum absolute atomic E-state index is 5.32. The molecule has 0 unspecified atom stereocenters. The Morgan fingerprint density at radius 3 is 1.14 bits per heavy atom. The van der Waals surface area contributed by atoms with Crippen LogP contribution in [0.2, 0.25) is 0 Å². The molecule has 0 fully saturated rings. The first kappa shape index (κ1) is 32.5. The maximum atomic E-state index is 5.32. The average Bonchev–Trinajstić information content (AvgIpc) is 3.28. The van der Waals surface area contributed by atoms with Crippen LogP contribution in [-0.4, -0.2) is 15.0 Å². The Hall–Kier alpha value is -7.75. The second-order valence-corrected chi connectivity index (χ2v) is 15.2. The summed E-state index contributed by atoms with van der Waals surface area (Å²) in [5, 5.41) is 12.8. The SMILES string of the molecule is c1ccc2cc3nc(-c4cc(-c5ccc6cc7ccccc7cc6n5)cc(-c5c6ccccc6c(-c6ccc7ccccc7n6)c6ccccc56)c4)ccc3cc2c1. The second-order valence-electron chi connectivity index (χ2n) is 15.2. The minimum absolute atomic E-state index is 0.920. The van der Waals surface area contributed by atoms with Gasteiger partial charge in [0.25, 0.3) is 0 Å². The van der Waals surface area contributed by atoms with Gasteiger partial charge in [-0.05, 0) is 121 Å². The van der Waals surface area contributed by atoms with E-state index in [0.29, 0.717) is 0 Å². The normalized spacial score (nSPS) is 11.8. The Labute approximate surface area is 334 Å². The molecule has 3 nitrogen and oxygen atoms in total. The van der Waals surface area contributed by atoms with Gasteiger partial charge in [0.1, 0.15) is 0 Å². The van der Waals surface area contributed by atoms with Gasteiger partial charge in [-0.1, -0.05) is 133 Å². The molecule has 268 valence electrons. The molecule has 12 rings (SSSR count). The molecular weight excluding hydrogens is 703 g/mol. The highest BCUT2D eigenvalue weighted by Crippen LogP contribution is 2.45. The van der Waals surface area contributed by atoms with E-state index in [1.165, 1.54) is 37.9 Å². The van der Waals surface area contributed by atoms with Gasteiger partial charge in [-0.15, -0.1) is 0 Å². The molecule has 0 spiro atoms. The number of rotatable bonds is 4. The molecule has 0 amide bonds. The number of pyridine rings is 3. The van der Waals surface area contributed by atoms with E-state index in [4.69, 9.17) is 15.0 Å². The van der Waals surface area contributed by atoms with Crippen molar-refractivity contribution < 1.29 is 0 Å². The molecule has 0 saturated heterocycles. The quantitative estimate of drug-likeness (QED) is 0.169. The first-order valence-electron chi connectivity index (χ1n) is 19.8. The molecule has 9 aromatic carbocycles. The third-order valence-electron chi connectivity index (χ3n) is 11.7. The van der Waals surface area contributed by atoms with Crippen LogP contribution in [0.15, 0.2) is 200 Å². The second kappa shape index (κ2) is 12.9. The van der Waals surface area contributed by atoms with E-state index in [1.54, 1.807) is 0 Å². The van der Waals surface area contributed by atoms with E-state index < -0.39 is 0 Å². The Morgan fingerprint density at radius 1 is 0.224 bits per heavy atom. The Balaban J connectivity index is 1.13. The third-order valence-corrected chi connectivity index (χ3v) is 11.7. The van der Waals surface area contributed by atoms with Gasteiger partial charge in [-0.3, -0.25) is 0 Å². The number of hydrogen-bond donors (Lipinski definition) is 0. The fraction of sp³-hybridized carbons (Fsp3) is 0. The third kappa shape index (κ3) is 5.32. The molecule has 0 aliphatic carbocycles. The number of benzene rings is 9. The van der Waals surface area contributed by atoms with Gasteiger partial charge in [0, 0.05) is 32.8 Å². The van der Waals surface area contributed by atoms with Crippen LogP contribution in [0.3, 0.4) is 0 Å². The Kier molecular flexibility index (Phi) is 7.23. The lowest BCUT2D eigenvalue weighted by Crippen LogP contribution is -1.95. The fourth-order valence-corrected chi connectivity index (χ4v) is 8.93. The Bertz CT molecular complexity index is 3450. The van der Waals surface area contributed by atoms with E-state index in [0.717, 1.165) is 82.8 Å². The minimum atomic E-state index is 0.920. The van der Waals surface area contributed by atoms with Crippen molar-refractivity contribution in [2.45, 2.75) is 0 Å². The van der Waals surface area contributed by atoms with E-state index in [9.17, 15) is 0 Å². The molecule has 3 heteroatoms. The summed E-state index contributed by atoms with van der Waals surface area (Å²) in [5.74, 6) is 0. The molecule has 0 aliphatic heterocycles. The van der Waals surface area contributed by atoms with Crippen LogP contribution in [-0.2, 0) is 0 Å². The highest BCUT2D eigenvalue weighted by Gasteiger charge is 2.19. The van der Waals surface area contributed by atoms with Gasteiger partial charge in [0.2, 0.25) is 0 Å². The van der Waals surface area contributed by atoms with Crippen molar-refractivity contribution >= 4 is 75.8 Å². The zero-order chi connectivity index (χ0) is 38.2. The summed E-state index contributed by atoms with van der Waals surface area (Å²) in [6.45, 7) is 0. The van der Waals surface area contributed by atoms with Gasteiger partial charge >= 0.3 is 0 Å². The van der Waals surface area contributed by atoms with Crippen LogP contribution in [0.4, 0.5) is 0 Å². The predicted molar refractivity (Wildman–Crippen MR) is 244 cm³/mol. The molecular formula is C55H33N3. The van der Waals surface area contributed by atoms with Crippen molar-refractivity contribution in [2.24, 2.45) is 0 Å². The highest BCUT2D eigenvalue weighted by molar-refractivity contribution is 6.21. The van der Waals surface area contributed by atoms with Gasteiger partial charge in [-0.2, -0.15) is 0 Å². The lowest BCUT2D eigenvalue weighted by atomic mass is 9.86. The molecule has 58 heavy (non-hydrogen) atoms. The van der Waals surface area contributed by atoms with Crippen molar-refractivity contribution in [3.63, 3.8) is 0 Å². The molecule has 3 heterocycles. The van der Waals surface area contributed by atoms with Crippen LogP contribution < -0.4 is 0 Å². The van der Waals surface area contributed by atoms with Crippen LogP contribution in [0.1, 0.15) is 0 Å². The molecule has 0 aliphatic rings. The topological polar surface area (TPSA) is 38.7 Å². The summed E-state index contributed by atoms with van der Waals surface area (Å²) in [7, 11) is 0. The molecule has 12 aromatic rings. The number of para-hydroxylation sites is 1. The van der Waals surface area contributed by atoms with E-state index >= 15 is 0 Å². The first-order valence-corrected chi connectivity index (χ1v) is 19.8. The van der Waals surface area contributed by atoms with E-state index in [1.807, 2.05) is 0 Å². The summed E-state index contributed by atoms with van der Waals surface area (Å²) in [4.78, 5) is 15.9. The van der Waals surface area contributed by atoms with Gasteiger partial charge in [0.15, 0.2) is 0 Å². The molecule has 3 aromatic heterocycles. The number of fused-ring (bicyclic) bond motifs is 7. The van der Waals surface area contributed by atoms with Gasteiger partial charge in [-0.25, -0.2) is 15.0 Å². The van der Waals surface area contributed by atoms with Crippen molar-refractivity contribution in [3.05, 3.63) is 200 Å². The maximum Gasteiger partial charge on any atom is 0.0722 e. The smallest absolute Gasteiger partial charge is 0.0722 e. The molecule has 0 N–H and O–H groups in total. The van der Waals surface area contributed by atoms with Gasteiger partial charge < -0.3 is 0 Å². The van der Waals surface area contributed by atoms with Crippen LogP contribution >= 0.6 is 0 Å². The number of hydrogen-bond acceptors (Lipinski definition) is 3. The summed E-state index contributed by atoms with van der Waals surface area (Å²) < 4.78 is 0. The fourth-order valence-electron chi connectivity index (χ4n) is 8.93.